The molecule has 0 bridgehead atoms. The Morgan fingerprint density at radius 3 is 2.29 bits per heavy atom. The van der Waals surface area contributed by atoms with E-state index < -0.39 is 15.7 Å². The van der Waals surface area contributed by atoms with E-state index in [1.807, 2.05) is 6.07 Å². The van der Waals surface area contributed by atoms with E-state index in [0.29, 0.717) is 0 Å². The maximum atomic E-state index is 12.2. The molecule has 0 aromatic rings. The van der Waals surface area contributed by atoms with Gasteiger partial charge in [-0.15, -0.1) is 0 Å². The highest BCUT2D eigenvalue weighted by Gasteiger charge is 2.33. The van der Waals surface area contributed by atoms with Crippen molar-refractivity contribution in [3.8, 4) is 6.07 Å². The fourth-order valence-corrected chi connectivity index (χ4v) is 3.84. The first kappa shape index (κ1) is 14.4. The Morgan fingerprint density at radius 1 is 1.35 bits per heavy atom. The third-order valence-corrected chi connectivity index (χ3v) is 4.62. The van der Waals surface area contributed by atoms with Gasteiger partial charge in [0.2, 0.25) is 0 Å². The predicted molar refractivity (Wildman–Crippen MR) is 66.4 cm³/mol. The molecule has 1 aliphatic rings. The average molecular weight is 259 g/mol. The second kappa shape index (κ2) is 5.34. The summed E-state index contributed by atoms with van der Waals surface area (Å²) in [5, 5.41) is 8.77. The highest BCUT2D eigenvalue weighted by molar-refractivity contribution is 7.87. The maximum Gasteiger partial charge on any atom is 0.281 e. The van der Waals surface area contributed by atoms with Crippen LogP contribution in [0.1, 0.15) is 46.5 Å². The third kappa shape index (κ3) is 4.26. The number of hydrogen-bond acceptors (Lipinski definition) is 3. The number of rotatable bonds is 4. The Kier molecular flexibility index (Phi) is 4.53. The Balaban J connectivity index is 2.86. The molecule has 0 heterocycles. The molecule has 1 fully saturated rings. The molecule has 0 aliphatic heterocycles. The van der Waals surface area contributed by atoms with Crippen molar-refractivity contribution in [2.45, 2.75) is 58.0 Å². The summed E-state index contributed by atoms with van der Waals surface area (Å²) in [6.07, 6.45) is 3.79. The maximum absolute atomic E-state index is 12.2. The van der Waals surface area contributed by atoms with E-state index in [2.05, 4.69) is 4.72 Å². The molecular formula is C11H21N3O2S. The molecule has 0 atom stereocenters. The van der Waals surface area contributed by atoms with Crippen LogP contribution in [0.2, 0.25) is 0 Å². The Hall–Kier alpha value is -0.640. The Bertz CT molecular complexity index is 386. The summed E-state index contributed by atoms with van der Waals surface area (Å²) in [4.78, 5) is 0. The average Bonchev–Trinajstić information content (AvgIpc) is 2.62. The van der Waals surface area contributed by atoms with Gasteiger partial charge in [-0.3, -0.25) is 0 Å². The first-order valence-electron chi connectivity index (χ1n) is 5.94. The fourth-order valence-electron chi connectivity index (χ4n) is 2.12. The van der Waals surface area contributed by atoms with Crippen LogP contribution in [0.25, 0.3) is 0 Å². The van der Waals surface area contributed by atoms with E-state index in [0.717, 1.165) is 25.7 Å². The van der Waals surface area contributed by atoms with Crippen molar-refractivity contribution in [3.05, 3.63) is 0 Å². The van der Waals surface area contributed by atoms with Crippen molar-refractivity contribution in [2.24, 2.45) is 0 Å². The van der Waals surface area contributed by atoms with Crippen LogP contribution in [0.5, 0.6) is 0 Å². The molecule has 5 nitrogen and oxygen atoms in total. The summed E-state index contributed by atoms with van der Waals surface area (Å²) in [7, 11) is -3.56. The van der Waals surface area contributed by atoms with Crippen molar-refractivity contribution in [1.29, 1.82) is 5.26 Å². The van der Waals surface area contributed by atoms with E-state index in [1.54, 1.807) is 20.8 Å². The second-order valence-corrected chi connectivity index (χ2v) is 7.12. The zero-order valence-corrected chi connectivity index (χ0v) is 11.5. The lowest BCUT2D eigenvalue weighted by Crippen LogP contribution is -2.51. The van der Waals surface area contributed by atoms with Crippen LogP contribution in [-0.2, 0) is 10.2 Å². The molecule has 1 aliphatic carbocycles. The minimum atomic E-state index is -3.56. The molecule has 98 valence electrons. The lowest BCUT2D eigenvalue weighted by Gasteiger charge is -2.30. The molecule has 0 aromatic heterocycles. The first-order valence-corrected chi connectivity index (χ1v) is 7.38. The van der Waals surface area contributed by atoms with Gasteiger partial charge in [-0.1, -0.05) is 12.8 Å². The standard InChI is InChI=1S/C11H21N3O2S/c1-11(2,3)13-17(15,16)14(9-8-12)10-6-4-5-7-10/h10,13H,4-7,9H2,1-3H3. The molecule has 1 N–H and O–H groups in total. The summed E-state index contributed by atoms with van der Waals surface area (Å²) in [6, 6.07) is 1.92. The molecule has 6 heteroatoms. The molecule has 0 amide bonds. The van der Waals surface area contributed by atoms with E-state index in [9.17, 15) is 8.42 Å². The minimum absolute atomic E-state index is 0.0190. The molecule has 0 unspecified atom stereocenters. The van der Waals surface area contributed by atoms with Crippen molar-refractivity contribution < 1.29 is 8.42 Å². The van der Waals surface area contributed by atoms with Gasteiger partial charge in [0.25, 0.3) is 10.2 Å². The third-order valence-electron chi connectivity index (χ3n) is 2.70. The molecule has 0 spiro atoms. The van der Waals surface area contributed by atoms with Crippen molar-refractivity contribution in [1.82, 2.24) is 9.03 Å². The number of nitrogens with zero attached hydrogens (tertiary/aromatic N) is 2. The smallest absolute Gasteiger partial charge is 0.197 e. The number of hydrogen-bond donors (Lipinski definition) is 1. The Labute approximate surface area is 104 Å². The van der Waals surface area contributed by atoms with Crippen LogP contribution in [0.4, 0.5) is 0 Å². The monoisotopic (exact) mass is 259 g/mol. The topological polar surface area (TPSA) is 73.2 Å². The highest BCUT2D eigenvalue weighted by Crippen LogP contribution is 2.25. The van der Waals surface area contributed by atoms with Crippen LogP contribution >= 0.6 is 0 Å². The summed E-state index contributed by atoms with van der Waals surface area (Å²) in [6.45, 7) is 5.31. The van der Waals surface area contributed by atoms with Crippen LogP contribution in [0, 0.1) is 11.3 Å². The second-order valence-electron chi connectivity index (χ2n) is 5.50. The van der Waals surface area contributed by atoms with Gasteiger partial charge in [0.05, 0.1) is 6.07 Å². The number of nitrogens with one attached hydrogen (secondary N) is 1. The largest absolute Gasteiger partial charge is 0.281 e. The van der Waals surface area contributed by atoms with Crippen LogP contribution in [0.3, 0.4) is 0 Å². The molecule has 0 radical (unpaired) electrons. The summed E-state index contributed by atoms with van der Waals surface area (Å²) in [5.74, 6) is 0. The lowest BCUT2D eigenvalue weighted by atomic mass is 10.1. The van der Waals surface area contributed by atoms with Gasteiger partial charge in [0.15, 0.2) is 0 Å². The SMILES string of the molecule is CC(C)(C)NS(=O)(=O)N(CC#N)C1CCCC1. The van der Waals surface area contributed by atoms with Crippen LogP contribution < -0.4 is 4.72 Å². The summed E-state index contributed by atoms with van der Waals surface area (Å²) in [5.41, 5.74) is -0.523. The fraction of sp³-hybridized carbons (Fsp3) is 0.909. The van der Waals surface area contributed by atoms with Crippen molar-refractivity contribution in [2.75, 3.05) is 6.54 Å². The van der Waals surface area contributed by atoms with E-state index in [4.69, 9.17) is 5.26 Å². The Morgan fingerprint density at radius 2 is 1.88 bits per heavy atom. The van der Waals surface area contributed by atoms with Crippen molar-refractivity contribution >= 4 is 10.2 Å². The van der Waals surface area contributed by atoms with Crippen LogP contribution in [-0.4, -0.2) is 30.8 Å². The molecule has 0 aromatic carbocycles. The van der Waals surface area contributed by atoms with Crippen LogP contribution in [0.15, 0.2) is 0 Å². The number of nitriles is 1. The van der Waals surface area contributed by atoms with Gasteiger partial charge >= 0.3 is 0 Å². The minimum Gasteiger partial charge on any atom is -0.197 e. The molecule has 17 heavy (non-hydrogen) atoms. The normalized spacial score (nSPS) is 18.5. The predicted octanol–water partition coefficient (Wildman–Crippen LogP) is 1.39. The summed E-state index contributed by atoms with van der Waals surface area (Å²) < 4.78 is 28.3. The lowest BCUT2D eigenvalue weighted by molar-refractivity contribution is 0.334. The quantitative estimate of drug-likeness (QED) is 0.775. The zero-order chi connectivity index (χ0) is 13.1. The van der Waals surface area contributed by atoms with Crippen molar-refractivity contribution in [3.63, 3.8) is 0 Å². The van der Waals surface area contributed by atoms with Gasteiger partial charge in [0.1, 0.15) is 6.54 Å². The molecule has 1 rings (SSSR count). The zero-order valence-electron chi connectivity index (χ0n) is 10.7. The van der Waals surface area contributed by atoms with E-state index in [1.165, 1.54) is 4.31 Å². The van der Waals surface area contributed by atoms with Gasteiger partial charge in [0, 0.05) is 11.6 Å². The van der Waals surface area contributed by atoms with Gasteiger partial charge < -0.3 is 0 Å². The van der Waals surface area contributed by atoms with Gasteiger partial charge in [-0.05, 0) is 33.6 Å². The highest BCUT2D eigenvalue weighted by atomic mass is 32.2. The summed E-state index contributed by atoms with van der Waals surface area (Å²) >= 11 is 0. The van der Waals surface area contributed by atoms with Gasteiger partial charge in [-0.25, -0.2) is 0 Å². The molecule has 0 saturated heterocycles. The van der Waals surface area contributed by atoms with Gasteiger partial charge in [-0.2, -0.15) is 22.7 Å². The molecule has 1 saturated carbocycles. The van der Waals surface area contributed by atoms with E-state index in [-0.39, 0.29) is 12.6 Å². The van der Waals surface area contributed by atoms with E-state index >= 15 is 0 Å². The molecular weight excluding hydrogens is 238 g/mol. The first-order chi connectivity index (χ1) is 7.76.